The molecule has 1 aromatic heterocycles. The Morgan fingerprint density at radius 1 is 1.35 bits per heavy atom. The van der Waals surface area contributed by atoms with Crippen LogP contribution in [0.5, 0.6) is 0 Å². The fraction of sp³-hybridized carbons (Fsp3) is 0.733. The van der Waals surface area contributed by atoms with Crippen LogP contribution >= 0.6 is 0 Å². The Morgan fingerprint density at radius 2 is 2.04 bits per heavy atom. The van der Waals surface area contributed by atoms with Gasteiger partial charge >= 0.3 is 5.82 Å². The lowest BCUT2D eigenvalue weighted by Gasteiger charge is -2.16. The van der Waals surface area contributed by atoms with Gasteiger partial charge in [0.05, 0.1) is 0 Å². The second-order valence-electron chi connectivity index (χ2n) is 6.02. The molecule has 0 spiro atoms. The lowest BCUT2D eigenvalue weighted by Crippen LogP contribution is -2.38. The van der Waals surface area contributed by atoms with Crippen LogP contribution in [0.1, 0.15) is 44.3 Å². The molecule has 0 aromatic carbocycles. The Kier molecular flexibility index (Phi) is 6.52. The smallest absolute Gasteiger partial charge is 0.358 e. The molecule has 1 aromatic rings. The SMILES string of the molecule is Cc1nc([N+](=O)[O-])cn1CC(=O)NCCNC1CCCCCC1. The van der Waals surface area contributed by atoms with E-state index in [1.165, 1.54) is 49.3 Å². The fourth-order valence-corrected chi connectivity index (χ4v) is 2.91. The number of rotatable bonds is 7. The molecule has 0 unspecified atom stereocenters. The summed E-state index contributed by atoms with van der Waals surface area (Å²) < 4.78 is 1.49. The minimum Gasteiger partial charge on any atom is -0.358 e. The fourth-order valence-electron chi connectivity index (χ4n) is 2.91. The van der Waals surface area contributed by atoms with Crippen molar-refractivity contribution in [3.05, 3.63) is 22.1 Å². The molecule has 1 fully saturated rings. The maximum Gasteiger partial charge on any atom is 0.381 e. The third kappa shape index (κ3) is 5.63. The van der Waals surface area contributed by atoms with Crippen LogP contribution in [0.3, 0.4) is 0 Å². The summed E-state index contributed by atoms with van der Waals surface area (Å²) in [4.78, 5) is 25.8. The van der Waals surface area contributed by atoms with Crippen LogP contribution in [0, 0.1) is 17.0 Å². The van der Waals surface area contributed by atoms with Crippen LogP contribution in [0.25, 0.3) is 0 Å². The Labute approximate surface area is 135 Å². The lowest BCUT2D eigenvalue weighted by atomic mass is 10.1. The quantitative estimate of drug-likeness (QED) is 0.343. The molecule has 0 saturated heterocycles. The van der Waals surface area contributed by atoms with E-state index in [0.29, 0.717) is 18.4 Å². The second-order valence-corrected chi connectivity index (χ2v) is 6.02. The van der Waals surface area contributed by atoms with E-state index in [1.807, 2.05) is 0 Å². The van der Waals surface area contributed by atoms with Crippen molar-refractivity contribution in [2.75, 3.05) is 13.1 Å². The van der Waals surface area contributed by atoms with Gasteiger partial charge in [-0.05, 0) is 22.7 Å². The maximum absolute atomic E-state index is 11.9. The van der Waals surface area contributed by atoms with Crippen molar-refractivity contribution in [3.63, 3.8) is 0 Å². The van der Waals surface area contributed by atoms with Crippen molar-refractivity contribution < 1.29 is 9.72 Å². The first kappa shape index (κ1) is 17.4. The summed E-state index contributed by atoms with van der Waals surface area (Å²) >= 11 is 0. The first-order valence-corrected chi connectivity index (χ1v) is 8.24. The van der Waals surface area contributed by atoms with Crippen LogP contribution in [0.15, 0.2) is 6.20 Å². The third-order valence-electron chi connectivity index (χ3n) is 4.20. The molecule has 0 atom stereocenters. The predicted molar refractivity (Wildman–Crippen MR) is 86.1 cm³/mol. The van der Waals surface area contributed by atoms with Crippen molar-refractivity contribution in [3.8, 4) is 0 Å². The predicted octanol–water partition coefficient (Wildman–Crippen LogP) is 1.53. The van der Waals surface area contributed by atoms with E-state index in [4.69, 9.17) is 0 Å². The van der Waals surface area contributed by atoms with Gasteiger partial charge in [-0.25, -0.2) is 0 Å². The minimum absolute atomic E-state index is 0.0517. The van der Waals surface area contributed by atoms with Gasteiger partial charge in [-0.15, -0.1) is 0 Å². The van der Waals surface area contributed by atoms with Gasteiger partial charge in [0, 0.05) is 26.1 Å². The highest BCUT2D eigenvalue weighted by molar-refractivity contribution is 5.75. The number of hydrogen-bond acceptors (Lipinski definition) is 5. The van der Waals surface area contributed by atoms with Crippen LogP contribution in [0.4, 0.5) is 5.82 Å². The van der Waals surface area contributed by atoms with E-state index in [9.17, 15) is 14.9 Å². The molecular weight excluding hydrogens is 298 g/mol. The standard InChI is InChI=1S/C15H25N5O3/c1-12-18-14(20(22)23)10-19(12)11-15(21)17-9-8-16-13-6-4-2-3-5-7-13/h10,13,16H,2-9,11H2,1H3,(H,17,21). The number of amides is 1. The van der Waals surface area contributed by atoms with Crippen molar-refractivity contribution in [2.45, 2.75) is 58.0 Å². The Balaban J connectivity index is 1.67. The number of nitrogens with zero attached hydrogens (tertiary/aromatic N) is 3. The molecule has 2 rings (SSSR count). The summed E-state index contributed by atoms with van der Waals surface area (Å²) in [6.07, 6.45) is 8.93. The zero-order valence-corrected chi connectivity index (χ0v) is 13.6. The molecule has 1 heterocycles. The van der Waals surface area contributed by atoms with E-state index in [0.717, 1.165) is 6.54 Å². The van der Waals surface area contributed by atoms with Gasteiger partial charge in [0.1, 0.15) is 12.7 Å². The summed E-state index contributed by atoms with van der Waals surface area (Å²) in [5.41, 5.74) is 0. The highest BCUT2D eigenvalue weighted by atomic mass is 16.6. The van der Waals surface area contributed by atoms with Crippen LogP contribution in [-0.2, 0) is 11.3 Å². The van der Waals surface area contributed by atoms with Gasteiger partial charge in [0.15, 0.2) is 0 Å². The van der Waals surface area contributed by atoms with E-state index < -0.39 is 4.92 Å². The first-order valence-electron chi connectivity index (χ1n) is 8.24. The van der Waals surface area contributed by atoms with E-state index in [2.05, 4.69) is 15.6 Å². The van der Waals surface area contributed by atoms with Gasteiger partial charge in [-0.1, -0.05) is 25.7 Å². The molecule has 8 nitrogen and oxygen atoms in total. The monoisotopic (exact) mass is 323 g/mol. The average Bonchev–Trinajstić information content (AvgIpc) is 2.73. The van der Waals surface area contributed by atoms with E-state index in [1.54, 1.807) is 6.92 Å². The van der Waals surface area contributed by atoms with Crippen molar-refractivity contribution in [1.82, 2.24) is 20.2 Å². The summed E-state index contributed by atoms with van der Waals surface area (Å²) in [5, 5.41) is 17.0. The van der Waals surface area contributed by atoms with Crippen molar-refractivity contribution in [1.29, 1.82) is 0 Å². The molecule has 0 aliphatic heterocycles. The summed E-state index contributed by atoms with van der Waals surface area (Å²) in [7, 11) is 0. The molecule has 1 saturated carbocycles. The first-order chi connectivity index (χ1) is 11.1. The number of imidazole rings is 1. The van der Waals surface area contributed by atoms with Gasteiger partial charge in [-0.3, -0.25) is 9.36 Å². The number of aryl methyl sites for hydroxylation is 1. The summed E-state index contributed by atoms with van der Waals surface area (Å²) in [6.45, 7) is 3.01. The summed E-state index contributed by atoms with van der Waals surface area (Å²) in [6, 6.07) is 0.563. The molecule has 1 aliphatic rings. The van der Waals surface area contributed by atoms with Crippen molar-refractivity contribution in [2.24, 2.45) is 0 Å². The van der Waals surface area contributed by atoms with E-state index >= 15 is 0 Å². The Hall–Kier alpha value is -1.96. The Morgan fingerprint density at radius 3 is 2.65 bits per heavy atom. The lowest BCUT2D eigenvalue weighted by molar-refractivity contribution is -0.389. The normalized spacial score (nSPS) is 16.0. The molecular formula is C15H25N5O3. The third-order valence-corrected chi connectivity index (χ3v) is 4.20. The number of nitro groups is 1. The zero-order chi connectivity index (χ0) is 16.7. The number of hydrogen-bond donors (Lipinski definition) is 2. The molecule has 1 aliphatic carbocycles. The number of carbonyl (C=O) groups excluding carboxylic acids is 1. The Bertz CT molecular complexity index is 535. The average molecular weight is 323 g/mol. The molecule has 1 amide bonds. The van der Waals surface area contributed by atoms with Crippen LogP contribution in [-0.4, -0.2) is 39.5 Å². The molecule has 2 N–H and O–H groups in total. The van der Waals surface area contributed by atoms with Gasteiger partial charge in [0.25, 0.3) is 0 Å². The molecule has 0 radical (unpaired) electrons. The van der Waals surface area contributed by atoms with Crippen LogP contribution < -0.4 is 10.6 Å². The second kappa shape index (κ2) is 8.61. The molecule has 8 heteroatoms. The van der Waals surface area contributed by atoms with Crippen LogP contribution in [0.2, 0.25) is 0 Å². The maximum atomic E-state index is 11.9. The highest BCUT2D eigenvalue weighted by Crippen LogP contribution is 2.16. The minimum atomic E-state index is -0.557. The van der Waals surface area contributed by atoms with Gasteiger partial charge < -0.3 is 20.7 Å². The molecule has 23 heavy (non-hydrogen) atoms. The van der Waals surface area contributed by atoms with Gasteiger partial charge in [-0.2, -0.15) is 0 Å². The molecule has 0 bridgehead atoms. The summed E-state index contributed by atoms with van der Waals surface area (Å²) in [5.74, 6) is 0.0665. The topological polar surface area (TPSA) is 102 Å². The zero-order valence-electron chi connectivity index (χ0n) is 13.6. The highest BCUT2D eigenvalue weighted by Gasteiger charge is 2.17. The van der Waals surface area contributed by atoms with Gasteiger partial charge in [0.2, 0.25) is 11.7 Å². The molecule has 128 valence electrons. The van der Waals surface area contributed by atoms with Crippen molar-refractivity contribution >= 4 is 11.7 Å². The largest absolute Gasteiger partial charge is 0.381 e. The number of carbonyl (C=O) groups is 1. The number of aromatic nitrogens is 2. The number of nitrogens with one attached hydrogen (secondary N) is 2. The van der Waals surface area contributed by atoms with E-state index in [-0.39, 0.29) is 18.3 Å².